The Bertz CT molecular complexity index is 308. The smallest absolute Gasteiger partial charge is 0.0781 e. The van der Waals surface area contributed by atoms with Crippen LogP contribution >= 0.6 is 0 Å². The molecule has 0 amide bonds. The van der Waals surface area contributed by atoms with E-state index in [1.165, 1.54) is 0 Å². The molecule has 0 spiro atoms. The number of hydrogen-bond acceptors (Lipinski definition) is 3. The van der Waals surface area contributed by atoms with Gasteiger partial charge in [0.1, 0.15) is 0 Å². The number of nitrogens with one attached hydrogen (secondary N) is 2. The molecule has 1 aromatic carbocycles. The fourth-order valence-corrected chi connectivity index (χ4v) is 1.60. The van der Waals surface area contributed by atoms with Crippen LogP contribution < -0.4 is 10.6 Å². The largest absolute Gasteiger partial charge is 0.389 e. The van der Waals surface area contributed by atoms with Crippen LogP contribution in [0.3, 0.4) is 0 Å². The van der Waals surface area contributed by atoms with Crippen LogP contribution in [-0.4, -0.2) is 24.2 Å². The molecule has 0 saturated carbocycles. The standard InChI is InChI=1S/C11H16N2O/c1-8(14)10-4-2-3-5-11(10)13-9-6-12-7-9/h2-5,8-9,12-14H,6-7H2,1H3. The third kappa shape index (κ3) is 1.89. The number of hydrogen-bond donors (Lipinski definition) is 3. The molecular formula is C11H16N2O. The van der Waals surface area contributed by atoms with Crippen LogP contribution in [0.1, 0.15) is 18.6 Å². The van der Waals surface area contributed by atoms with Crippen LogP contribution in [0.25, 0.3) is 0 Å². The lowest BCUT2D eigenvalue weighted by atomic mass is 10.1. The molecule has 0 bridgehead atoms. The molecule has 3 N–H and O–H groups in total. The lowest BCUT2D eigenvalue weighted by Gasteiger charge is -2.30. The summed E-state index contributed by atoms with van der Waals surface area (Å²) in [6.45, 7) is 3.81. The lowest BCUT2D eigenvalue weighted by molar-refractivity contribution is 0.200. The predicted molar refractivity (Wildman–Crippen MR) is 57.4 cm³/mol. The van der Waals surface area contributed by atoms with E-state index >= 15 is 0 Å². The highest BCUT2D eigenvalue weighted by molar-refractivity contribution is 5.53. The van der Waals surface area contributed by atoms with Crippen molar-refractivity contribution in [3.8, 4) is 0 Å². The Kier molecular flexibility index (Phi) is 2.70. The van der Waals surface area contributed by atoms with Crippen molar-refractivity contribution in [3.05, 3.63) is 29.8 Å². The predicted octanol–water partition coefficient (Wildman–Crippen LogP) is 1.12. The summed E-state index contributed by atoms with van der Waals surface area (Å²) in [5.41, 5.74) is 2.02. The van der Waals surface area contributed by atoms with Crippen molar-refractivity contribution in [3.63, 3.8) is 0 Å². The van der Waals surface area contributed by atoms with E-state index in [1.54, 1.807) is 6.92 Å². The molecular weight excluding hydrogens is 176 g/mol. The Morgan fingerprint density at radius 2 is 2.14 bits per heavy atom. The molecule has 0 aliphatic carbocycles. The van der Waals surface area contributed by atoms with Gasteiger partial charge in [0.15, 0.2) is 0 Å². The Morgan fingerprint density at radius 1 is 1.43 bits per heavy atom. The number of rotatable bonds is 3. The number of aliphatic hydroxyl groups is 1. The third-order valence-electron chi connectivity index (χ3n) is 2.55. The fraction of sp³-hybridized carbons (Fsp3) is 0.455. The molecule has 3 heteroatoms. The summed E-state index contributed by atoms with van der Waals surface area (Å²) >= 11 is 0. The molecule has 1 atom stereocenters. The summed E-state index contributed by atoms with van der Waals surface area (Å²) in [4.78, 5) is 0. The third-order valence-corrected chi connectivity index (χ3v) is 2.55. The van der Waals surface area contributed by atoms with Crippen molar-refractivity contribution in [1.82, 2.24) is 5.32 Å². The Balaban J connectivity index is 2.13. The van der Waals surface area contributed by atoms with Crippen LogP contribution in [0.5, 0.6) is 0 Å². The van der Waals surface area contributed by atoms with Crippen LogP contribution in [0.15, 0.2) is 24.3 Å². The molecule has 1 fully saturated rings. The van der Waals surface area contributed by atoms with Gasteiger partial charge in [-0.1, -0.05) is 18.2 Å². The van der Waals surface area contributed by atoms with E-state index in [0.717, 1.165) is 24.3 Å². The van der Waals surface area contributed by atoms with Gasteiger partial charge in [0.05, 0.1) is 12.1 Å². The maximum absolute atomic E-state index is 9.55. The second-order valence-electron chi connectivity index (χ2n) is 3.76. The average Bonchev–Trinajstić information content (AvgIpc) is 2.12. The van der Waals surface area contributed by atoms with E-state index < -0.39 is 6.10 Å². The molecule has 1 heterocycles. The van der Waals surface area contributed by atoms with Gasteiger partial charge in [-0.3, -0.25) is 0 Å². The molecule has 14 heavy (non-hydrogen) atoms. The van der Waals surface area contributed by atoms with Gasteiger partial charge in [-0.05, 0) is 13.0 Å². The summed E-state index contributed by atoms with van der Waals surface area (Å²) in [7, 11) is 0. The van der Waals surface area contributed by atoms with Crippen molar-refractivity contribution in [1.29, 1.82) is 0 Å². The van der Waals surface area contributed by atoms with Gasteiger partial charge in [-0.15, -0.1) is 0 Å². The van der Waals surface area contributed by atoms with Gasteiger partial charge in [-0.2, -0.15) is 0 Å². The second kappa shape index (κ2) is 3.98. The van der Waals surface area contributed by atoms with E-state index in [2.05, 4.69) is 10.6 Å². The van der Waals surface area contributed by atoms with Gasteiger partial charge in [0.2, 0.25) is 0 Å². The molecule has 76 valence electrons. The van der Waals surface area contributed by atoms with Crippen molar-refractivity contribution in [2.75, 3.05) is 18.4 Å². The minimum absolute atomic E-state index is 0.410. The molecule has 0 aromatic heterocycles. The summed E-state index contributed by atoms with van der Waals surface area (Å²) < 4.78 is 0. The highest BCUT2D eigenvalue weighted by atomic mass is 16.3. The Hall–Kier alpha value is -1.06. The Morgan fingerprint density at radius 3 is 2.71 bits per heavy atom. The van der Waals surface area contributed by atoms with Crippen molar-refractivity contribution in [2.45, 2.75) is 19.1 Å². The van der Waals surface area contributed by atoms with Crippen molar-refractivity contribution in [2.24, 2.45) is 0 Å². The van der Waals surface area contributed by atoms with Gasteiger partial charge in [-0.25, -0.2) is 0 Å². The quantitative estimate of drug-likeness (QED) is 0.672. The van der Waals surface area contributed by atoms with Gasteiger partial charge in [0.25, 0.3) is 0 Å². The molecule has 1 aliphatic heterocycles. The molecule has 1 aliphatic rings. The van der Waals surface area contributed by atoms with E-state index in [9.17, 15) is 5.11 Å². The Labute approximate surface area is 84.1 Å². The van der Waals surface area contributed by atoms with E-state index in [-0.39, 0.29) is 0 Å². The summed E-state index contributed by atoms with van der Waals surface area (Å²) in [5.74, 6) is 0. The van der Waals surface area contributed by atoms with Crippen LogP contribution in [-0.2, 0) is 0 Å². The lowest BCUT2D eigenvalue weighted by Crippen LogP contribution is -2.51. The van der Waals surface area contributed by atoms with E-state index in [0.29, 0.717) is 6.04 Å². The first-order valence-corrected chi connectivity index (χ1v) is 5.01. The van der Waals surface area contributed by atoms with Crippen molar-refractivity contribution < 1.29 is 5.11 Å². The summed E-state index contributed by atoms with van der Waals surface area (Å²) in [6.07, 6.45) is -0.410. The first-order chi connectivity index (χ1) is 6.77. The minimum Gasteiger partial charge on any atom is -0.389 e. The normalized spacial score (nSPS) is 18.7. The highest BCUT2D eigenvalue weighted by Crippen LogP contribution is 2.23. The number of benzene rings is 1. The zero-order chi connectivity index (χ0) is 9.97. The molecule has 1 aromatic rings. The SMILES string of the molecule is CC(O)c1ccccc1NC1CNC1. The first-order valence-electron chi connectivity index (χ1n) is 5.01. The van der Waals surface area contributed by atoms with Gasteiger partial charge in [0, 0.05) is 24.3 Å². The summed E-state index contributed by atoms with van der Waals surface area (Å²) in [6, 6.07) is 8.42. The van der Waals surface area contributed by atoms with Gasteiger partial charge >= 0.3 is 0 Å². The molecule has 0 radical (unpaired) electrons. The maximum atomic E-state index is 9.55. The van der Waals surface area contributed by atoms with Crippen LogP contribution in [0.2, 0.25) is 0 Å². The average molecular weight is 192 g/mol. The van der Waals surface area contributed by atoms with E-state index in [4.69, 9.17) is 0 Å². The maximum Gasteiger partial charge on any atom is 0.0781 e. The fourth-order valence-electron chi connectivity index (χ4n) is 1.60. The zero-order valence-electron chi connectivity index (χ0n) is 8.33. The molecule has 1 saturated heterocycles. The molecule has 1 unspecified atom stereocenters. The highest BCUT2D eigenvalue weighted by Gasteiger charge is 2.17. The summed E-state index contributed by atoms with van der Waals surface area (Å²) in [5, 5.41) is 16.2. The molecule has 3 nitrogen and oxygen atoms in total. The van der Waals surface area contributed by atoms with Crippen molar-refractivity contribution >= 4 is 5.69 Å². The van der Waals surface area contributed by atoms with Gasteiger partial charge < -0.3 is 15.7 Å². The van der Waals surface area contributed by atoms with Crippen LogP contribution in [0, 0.1) is 0 Å². The number of aliphatic hydroxyl groups excluding tert-OH is 1. The van der Waals surface area contributed by atoms with Crippen LogP contribution in [0.4, 0.5) is 5.69 Å². The topological polar surface area (TPSA) is 44.3 Å². The zero-order valence-corrected chi connectivity index (χ0v) is 8.33. The first kappa shape index (κ1) is 9.49. The number of para-hydroxylation sites is 1. The monoisotopic (exact) mass is 192 g/mol. The second-order valence-corrected chi connectivity index (χ2v) is 3.76. The minimum atomic E-state index is -0.410. The number of anilines is 1. The van der Waals surface area contributed by atoms with E-state index in [1.807, 2.05) is 24.3 Å². The molecule has 2 rings (SSSR count).